The van der Waals surface area contributed by atoms with E-state index >= 15 is 0 Å². The van der Waals surface area contributed by atoms with Crippen LogP contribution in [0.25, 0.3) is 0 Å². The first-order chi connectivity index (χ1) is 16.6. The van der Waals surface area contributed by atoms with Crippen LogP contribution in [0.3, 0.4) is 0 Å². The summed E-state index contributed by atoms with van der Waals surface area (Å²) in [6.45, 7) is 4.40. The molecule has 0 bridgehead atoms. The molecule has 0 radical (unpaired) electrons. The lowest BCUT2D eigenvalue weighted by Crippen LogP contribution is -2.37. The van der Waals surface area contributed by atoms with Gasteiger partial charge in [0.25, 0.3) is 7.82 Å². The molecule has 0 aliphatic rings. The smallest absolute Gasteiger partial charge is 0.303 e. The fourth-order valence-electron chi connectivity index (χ4n) is 3.60. The van der Waals surface area contributed by atoms with Crippen LogP contribution in [0, 0.1) is 0 Å². The molecule has 0 amide bonds. The third kappa shape index (κ3) is 26.4. The van der Waals surface area contributed by atoms with Gasteiger partial charge in [-0.2, -0.15) is 0 Å². The SMILES string of the molecule is CCCCCCCCCCCCCCCCOC[C@H](CO[32P](=O)([O-])OCC[N+](C)(C)C)OC(C)=O. The van der Waals surface area contributed by atoms with E-state index < -0.39 is 19.9 Å². The molecule has 9 heteroatoms. The molecule has 8 nitrogen and oxygen atoms in total. The molecular formula is C26H54NO7P. The quantitative estimate of drug-likeness (QED) is 0.0662. The lowest BCUT2D eigenvalue weighted by molar-refractivity contribution is -0.870. The van der Waals surface area contributed by atoms with E-state index in [1.807, 2.05) is 21.1 Å². The lowest BCUT2D eigenvalue weighted by Gasteiger charge is -2.28. The highest BCUT2D eigenvalue weighted by Gasteiger charge is 2.19. The van der Waals surface area contributed by atoms with Gasteiger partial charge in [-0.05, 0) is 6.42 Å². The second-order valence-electron chi connectivity index (χ2n) is 10.5. The van der Waals surface area contributed by atoms with Crippen molar-refractivity contribution >= 4 is 13.8 Å². The van der Waals surface area contributed by atoms with Crippen molar-refractivity contribution in [2.24, 2.45) is 0 Å². The van der Waals surface area contributed by atoms with Gasteiger partial charge >= 0.3 is 5.97 Å². The summed E-state index contributed by atoms with van der Waals surface area (Å²) in [5.41, 5.74) is 0. The van der Waals surface area contributed by atoms with Crippen LogP contribution < -0.4 is 4.89 Å². The van der Waals surface area contributed by atoms with Gasteiger partial charge in [0.1, 0.15) is 19.3 Å². The van der Waals surface area contributed by atoms with Gasteiger partial charge in [-0.25, -0.2) is 0 Å². The van der Waals surface area contributed by atoms with Gasteiger partial charge in [0, 0.05) is 13.5 Å². The molecule has 0 aromatic carbocycles. The van der Waals surface area contributed by atoms with Crippen molar-refractivity contribution in [1.82, 2.24) is 0 Å². The molecule has 210 valence electrons. The van der Waals surface area contributed by atoms with E-state index in [4.69, 9.17) is 18.5 Å². The van der Waals surface area contributed by atoms with Crippen LogP contribution >= 0.6 is 7.82 Å². The van der Waals surface area contributed by atoms with E-state index in [1.54, 1.807) is 0 Å². The standard InChI is InChI=1S/C26H54NO7P/c1-6-7-8-9-10-11-12-13-14-15-16-17-18-19-21-31-23-26(34-25(2)28)24-33-35(29,30)32-22-20-27(3,4)5/h26H,6-24H2,1-5H3/t26-/m1/s1/i35+1. The highest BCUT2D eigenvalue weighted by molar-refractivity contribution is 7.45. The third-order valence-corrected chi connectivity index (χ3v) is 6.67. The number of hydrogen-bond donors (Lipinski definition) is 0. The summed E-state index contributed by atoms with van der Waals surface area (Å²) in [7, 11) is 1.35. The molecule has 0 saturated carbocycles. The Bertz CT molecular complexity index is 554. The molecule has 0 heterocycles. The Kier molecular flexibility index (Phi) is 21.3. The molecule has 35 heavy (non-hydrogen) atoms. The zero-order chi connectivity index (χ0) is 26.4. The van der Waals surface area contributed by atoms with Crippen molar-refractivity contribution in [2.75, 3.05) is 54.1 Å². The number of carbonyl (C=O) groups is 1. The highest BCUT2D eigenvalue weighted by atomic mass is 32.2. The number of unbranched alkanes of at least 4 members (excludes halogenated alkanes) is 13. The van der Waals surface area contributed by atoms with Crippen molar-refractivity contribution in [1.29, 1.82) is 0 Å². The second kappa shape index (κ2) is 21.6. The Morgan fingerprint density at radius 1 is 0.771 bits per heavy atom. The zero-order valence-corrected chi connectivity index (χ0v) is 24.2. The van der Waals surface area contributed by atoms with Crippen LogP contribution in [0.1, 0.15) is 104 Å². The first kappa shape index (κ1) is 34.5. The maximum Gasteiger partial charge on any atom is 0.303 e. The van der Waals surface area contributed by atoms with Crippen molar-refractivity contribution in [3.63, 3.8) is 0 Å². The molecule has 0 saturated heterocycles. The number of phosphoric ester groups is 1. The lowest BCUT2D eigenvalue weighted by atomic mass is 10.0. The second-order valence-corrected chi connectivity index (χ2v) is 11.9. The van der Waals surface area contributed by atoms with E-state index in [0.29, 0.717) is 17.6 Å². The molecule has 2 atom stereocenters. The van der Waals surface area contributed by atoms with Crippen LogP contribution in [0.4, 0.5) is 0 Å². The van der Waals surface area contributed by atoms with Gasteiger partial charge in [0.2, 0.25) is 0 Å². The summed E-state index contributed by atoms with van der Waals surface area (Å²) in [5, 5.41) is 0. The zero-order valence-electron chi connectivity index (χ0n) is 23.3. The topological polar surface area (TPSA) is 94.1 Å². The minimum atomic E-state index is -4.46. The summed E-state index contributed by atoms with van der Waals surface area (Å²) in [4.78, 5) is 23.2. The number of carbonyl (C=O) groups excluding carboxylic acids is 1. The number of nitrogens with zero attached hydrogens (tertiary/aromatic N) is 1. The van der Waals surface area contributed by atoms with Crippen molar-refractivity contribution in [3.05, 3.63) is 0 Å². The third-order valence-electron chi connectivity index (χ3n) is 5.71. The molecule has 0 aromatic heterocycles. The Labute approximate surface area is 215 Å². The van der Waals surface area contributed by atoms with Crippen molar-refractivity contribution < 1.29 is 37.3 Å². The van der Waals surface area contributed by atoms with E-state index in [1.165, 1.54) is 84.0 Å². The van der Waals surface area contributed by atoms with Gasteiger partial charge in [-0.15, -0.1) is 0 Å². The minimum absolute atomic E-state index is 0.0259. The van der Waals surface area contributed by atoms with Crippen LogP contribution in [0.5, 0.6) is 0 Å². The van der Waals surface area contributed by atoms with E-state index in [9.17, 15) is 14.3 Å². The van der Waals surface area contributed by atoms with Crippen molar-refractivity contribution in [3.8, 4) is 0 Å². The predicted molar refractivity (Wildman–Crippen MR) is 139 cm³/mol. The van der Waals surface area contributed by atoms with Gasteiger partial charge < -0.3 is 27.9 Å². The average Bonchev–Trinajstić information content (AvgIpc) is 2.75. The largest absolute Gasteiger partial charge is 0.756 e. The Morgan fingerprint density at radius 3 is 1.71 bits per heavy atom. The van der Waals surface area contributed by atoms with Gasteiger partial charge in [0.05, 0.1) is 34.4 Å². The van der Waals surface area contributed by atoms with Crippen LogP contribution in [-0.2, 0) is 27.9 Å². The fourth-order valence-corrected chi connectivity index (χ4v) is 4.33. The summed E-state index contributed by atoms with van der Waals surface area (Å²) in [6.07, 6.45) is 17.3. The first-order valence-electron chi connectivity index (χ1n) is 13.7. The number of rotatable bonds is 25. The van der Waals surface area contributed by atoms with E-state index in [2.05, 4.69) is 6.92 Å². The van der Waals surface area contributed by atoms with Gasteiger partial charge in [0.15, 0.2) is 0 Å². The molecule has 0 spiro atoms. The Morgan fingerprint density at radius 2 is 1.26 bits per heavy atom. The first-order valence-corrected chi connectivity index (χ1v) is 15.2. The Balaban J connectivity index is 3.77. The molecule has 1 unspecified atom stereocenters. The highest BCUT2D eigenvalue weighted by Crippen LogP contribution is 2.38. The average molecular weight is 525 g/mol. The number of hydrogen-bond acceptors (Lipinski definition) is 7. The summed E-state index contributed by atoms with van der Waals surface area (Å²) >= 11 is 0. The van der Waals surface area contributed by atoms with Gasteiger partial charge in [-0.3, -0.25) is 9.36 Å². The normalized spacial score (nSPS) is 14.6. The van der Waals surface area contributed by atoms with E-state index in [0.717, 1.165) is 12.8 Å². The monoisotopic (exact) mass is 524 g/mol. The molecule has 0 aliphatic carbocycles. The maximum atomic E-state index is 11.9. The summed E-state index contributed by atoms with van der Waals surface area (Å²) in [5.74, 6) is -0.509. The predicted octanol–water partition coefficient (Wildman–Crippen LogP) is 5.62. The number of likely N-dealkylation sites (N-methyl/N-ethyl adjacent to an activating group) is 1. The molecule has 0 N–H and O–H groups in total. The van der Waals surface area contributed by atoms with Crippen LogP contribution in [-0.4, -0.2) is 70.7 Å². The van der Waals surface area contributed by atoms with Crippen LogP contribution in [0.2, 0.25) is 0 Å². The number of esters is 1. The molecule has 0 rings (SSSR count). The molecular weight excluding hydrogens is 470 g/mol. The minimum Gasteiger partial charge on any atom is -0.756 e. The summed E-state index contributed by atoms with van der Waals surface area (Å²) < 4.78 is 33.0. The summed E-state index contributed by atoms with van der Waals surface area (Å²) in [6, 6.07) is 0. The number of quaternary nitrogens is 1. The molecule has 0 aliphatic heterocycles. The van der Waals surface area contributed by atoms with E-state index in [-0.39, 0.29) is 19.8 Å². The van der Waals surface area contributed by atoms with Crippen molar-refractivity contribution in [2.45, 2.75) is 110 Å². The molecule has 0 fully saturated rings. The van der Waals surface area contributed by atoms with Crippen LogP contribution in [0.15, 0.2) is 0 Å². The molecule has 0 aromatic rings. The Hall–Kier alpha value is -0.500. The maximum absolute atomic E-state index is 11.9. The van der Waals surface area contributed by atoms with Gasteiger partial charge in [-0.1, -0.05) is 90.4 Å². The number of phosphoric acid groups is 1. The fraction of sp³-hybridized carbons (Fsp3) is 0.962. The number of ether oxygens (including phenoxy) is 2.